The highest BCUT2D eigenvalue weighted by atomic mass is 19.1. The standard InChI is InChI=1S/C27H35FN4O2/c28-23(8-2-1-6-21-12-11-19-5-3-15-30-26(19)31-21)20-13-16-32(17-20)25(27(33)34)22-7-4-14-29-24(22)18-9-10-18/h4,7,11-12,14,18,20,23,25H,1-3,5-6,8-10,13,15-17H2,(H,30,31)(H,33,34)/t20-,23+,25-/m1/s1. The molecule has 2 N–H and O–H groups in total. The number of anilines is 1. The van der Waals surface area contributed by atoms with Crippen molar-refractivity contribution in [2.75, 3.05) is 25.0 Å². The Morgan fingerprint density at radius 1 is 1.24 bits per heavy atom. The number of rotatable bonds is 10. The van der Waals surface area contributed by atoms with Crippen LogP contribution in [0.2, 0.25) is 0 Å². The van der Waals surface area contributed by atoms with Gasteiger partial charge in [-0.25, -0.2) is 9.37 Å². The molecule has 34 heavy (non-hydrogen) atoms. The lowest BCUT2D eigenvalue weighted by Crippen LogP contribution is -2.34. The summed E-state index contributed by atoms with van der Waals surface area (Å²) in [5, 5.41) is 13.4. The topological polar surface area (TPSA) is 78.3 Å². The van der Waals surface area contributed by atoms with E-state index in [0.29, 0.717) is 31.8 Å². The van der Waals surface area contributed by atoms with Crippen molar-refractivity contribution >= 4 is 11.8 Å². The van der Waals surface area contributed by atoms with Crippen LogP contribution in [-0.2, 0) is 17.6 Å². The average Bonchev–Trinajstić information content (AvgIpc) is 3.59. The zero-order valence-corrected chi connectivity index (χ0v) is 19.8. The molecule has 2 aromatic rings. The molecule has 0 bridgehead atoms. The van der Waals surface area contributed by atoms with E-state index < -0.39 is 18.2 Å². The molecule has 0 unspecified atom stereocenters. The van der Waals surface area contributed by atoms with E-state index in [1.807, 2.05) is 17.0 Å². The van der Waals surface area contributed by atoms with Gasteiger partial charge in [0.2, 0.25) is 0 Å². The number of nitrogens with zero attached hydrogens (tertiary/aromatic N) is 3. The molecule has 3 atom stereocenters. The van der Waals surface area contributed by atoms with E-state index in [1.54, 1.807) is 6.20 Å². The summed E-state index contributed by atoms with van der Waals surface area (Å²) in [4.78, 5) is 23.4. The second-order valence-electron chi connectivity index (χ2n) is 10.1. The highest BCUT2D eigenvalue weighted by Gasteiger charge is 2.39. The lowest BCUT2D eigenvalue weighted by atomic mass is 9.97. The molecule has 0 amide bonds. The second-order valence-corrected chi connectivity index (χ2v) is 10.1. The van der Waals surface area contributed by atoms with Crippen molar-refractivity contribution < 1.29 is 14.3 Å². The molecule has 6 nitrogen and oxygen atoms in total. The first kappa shape index (κ1) is 23.2. The number of carboxylic acid groups (broad SMARTS) is 1. The van der Waals surface area contributed by atoms with Crippen molar-refractivity contribution in [3.8, 4) is 0 Å². The number of fused-ring (bicyclic) bond motifs is 1. The van der Waals surface area contributed by atoms with Gasteiger partial charge >= 0.3 is 5.97 Å². The zero-order valence-electron chi connectivity index (χ0n) is 19.8. The van der Waals surface area contributed by atoms with Crippen molar-refractivity contribution in [1.82, 2.24) is 14.9 Å². The van der Waals surface area contributed by atoms with Crippen LogP contribution in [0.3, 0.4) is 0 Å². The molecule has 0 radical (unpaired) electrons. The summed E-state index contributed by atoms with van der Waals surface area (Å²) in [6, 6.07) is 7.25. The van der Waals surface area contributed by atoms with Crippen molar-refractivity contribution in [2.45, 2.75) is 75.9 Å². The maximum atomic E-state index is 15.1. The van der Waals surface area contributed by atoms with Crippen LogP contribution in [0, 0.1) is 5.92 Å². The van der Waals surface area contributed by atoms with Crippen LogP contribution in [0.4, 0.5) is 10.2 Å². The van der Waals surface area contributed by atoms with Crippen LogP contribution in [-0.4, -0.2) is 51.7 Å². The second kappa shape index (κ2) is 10.4. The summed E-state index contributed by atoms with van der Waals surface area (Å²) >= 11 is 0. The summed E-state index contributed by atoms with van der Waals surface area (Å²) < 4.78 is 15.1. The van der Waals surface area contributed by atoms with Crippen molar-refractivity contribution in [3.63, 3.8) is 0 Å². The summed E-state index contributed by atoms with van der Waals surface area (Å²) in [6.45, 7) is 2.10. The number of carbonyl (C=O) groups is 1. The van der Waals surface area contributed by atoms with Crippen LogP contribution in [0.25, 0.3) is 0 Å². The molecule has 1 saturated carbocycles. The van der Waals surface area contributed by atoms with E-state index in [2.05, 4.69) is 22.4 Å². The van der Waals surface area contributed by atoms with E-state index in [1.165, 1.54) is 5.56 Å². The van der Waals surface area contributed by atoms with Gasteiger partial charge in [0.05, 0.1) is 0 Å². The average molecular weight is 467 g/mol. The quantitative estimate of drug-likeness (QED) is 0.485. The van der Waals surface area contributed by atoms with Gasteiger partial charge in [-0.3, -0.25) is 14.7 Å². The van der Waals surface area contributed by atoms with Crippen LogP contribution in [0.1, 0.15) is 79.4 Å². The van der Waals surface area contributed by atoms with Gasteiger partial charge in [0, 0.05) is 48.1 Å². The number of aliphatic carboxylic acids is 1. The molecule has 0 aromatic carbocycles. The summed E-state index contributed by atoms with van der Waals surface area (Å²) in [6.07, 6.45) is 9.08. The molecule has 0 spiro atoms. The van der Waals surface area contributed by atoms with Crippen LogP contribution < -0.4 is 5.32 Å². The fourth-order valence-corrected chi connectivity index (χ4v) is 5.58. The Bertz CT molecular complexity index is 1010. The molecule has 2 aliphatic heterocycles. The summed E-state index contributed by atoms with van der Waals surface area (Å²) in [7, 11) is 0. The van der Waals surface area contributed by atoms with Gasteiger partial charge in [-0.15, -0.1) is 0 Å². The Hall–Kier alpha value is -2.54. The fourth-order valence-electron chi connectivity index (χ4n) is 5.58. The number of aromatic nitrogens is 2. The normalized spacial score (nSPS) is 22.1. The zero-order chi connectivity index (χ0) is 23.5. The van der Waals surface area contributed by atoms with Gasteiger partial charge in [0.1, 0.15) is 18.0 Å². The number of aryl methyl sites for hydroxylation is 2. The fraction of sp³-hybridized carbons (Fsp3) is 0.593. The number of carboxylic acids is 1. The Balaban J connectivity index is 1.12. The summed E-state index contributed by atoms with van der Waals surface area (Å²) in [5.41, 5.74) is 4.07. The SMILES string of the molecule is O=C(O)[C@@H](c1cccnc1C1CC1)N1CC[C@@H]([C@@H](F)CCCCc2ccc3c(n2)NCCC3)C1. The third-order valence-corrected chi connectivity index (χ3v) is 7.61. The van der Waals surface area contributed by atoms with Gasteiger partial charge in [-0.1, -0.05) is 18.6 Å². The van der Waals surface area contributed by atoms with Crippen LogP contribution in [0.5, 0.6) is 0 Å². The molecule has 3 aliphatic rings. The summed E-state index contributed by atoms with van der Waals surface area (Å²) in [5.74, 6) is 0.433. The molecule has 1 aliphatic carbocycles. The minimum atomic E-state index is -0.894. The van der Waals surface area contributed by atoms with Crippen LogP contribution in [0.15, 0.2) is 30.5 Å². The van der Waals surface area contributed by atoms with Crippen molar-refractivity contribution in [1.29, 1.82) is 0 Å². The smallest absolute Gasteiger partial charge is 0.325 e. The van der Waals surface area contributed by atoms with Crippen molar-refractivity contribution in [2.24, 2.45) is 5.92 Å². The van der Waals surface area contributed by atoms with E-state index in [9.17, 15) is 9.90 Å². The maximum Gasteiger partial charge on any atom is 0.325 e. The largest absolute Gasteiger partial charge is 0.480 e. The monoisotopic (exact) mass is 466 g/mol. The Morgan fingerprint density at radius 2 is 2.12 bits per heavy atom. The molecule has 4 heterocycles. The van der Waals surface area contributed by atoms with Crippen LogP contribution >= 0.6 is 0 Å². The number of alkyl halides is 1. The lowest BCUT2D eigenvalue weighted by Gasteiger charge is -2.26. The Morgan fingerprint density at radius 3 is 2.94 bits per heavy atom. The van der Waals surface area contributed by atoms with E-state index in [4.69, 9.17) is 4.98 Å². The molecular formula is C27H35FN4O2. The third kappa shape index (κ3) is 5.24. The van der Waals surface area contributed by atoms with Gasteiger partial charge in [0.25, 0.3) is 0 Å². The van der Waals surface area contributed by atoms with E-state index >= 15 is 4.39 Å². The number of pyridine rings is 2. The molecular weight excluding hydrogens is 431 g/mol. The number of hydrogen-bond acceptors (Lipinski definition) is 5. The molecule has 1 saturated heterocycles. The predicted octanol–water partition coefficient (Wildman–Crippen LogP) is 4.91. The Labute approximate surface area is 201 Å². The third-order valence-electron chi connectivity index (χ3n) is 7.61. The minimum absolute atomic E-state index is 0.103. The first-order valence-electron chi connectivity index (χ1n) is 12.9. The lowest BCUT2D eigenvalue weighted by molar-refractivity contribution is -0.143. The molecule has 2 fully saturated rings. The first-order chi connectivity index (χ1) is 16.6. The number of nitrogens with one attached hydrogen (secondary N) is 1. The maximum absolute atomic E-state index is 15.1. The van der Waals surface area contributed by atoms with E-state index in [-0.39, 0.29) is 5.92 Å². The van der Waals surface area contributed by atoms with Gasteiger partial charge < -0.3 is 10.4 Å². The van der Waals surface area contributed by atoms with Crippen molar-refractivity contribution in [3.05, 3.63) is 53.0 Å². The van der Waals surface area contributed by atoms with Gasteiger partial charge in [0.15, 0.2) is 0 Å². The first-order valence-corrected chi connectivity index (χ1v) is 12.9. The van der Waals surface area contributed by atoms with E-state index in [0.717, 1.165) is 74.3 Å². The number of likely N-dealkylation sites (tertiary alicyclic amines) is 1. The minimum Gasteiger partial charge on any atom is -0.480 e. The van der Waals surface area contributed by atoms with Gasteiger partial charge in [-0.05, 0) is 75.6 Å². The highest BCUT2D eigenvalue weighted by molar-refractivity contribution is 5.76. The number of unbranched alkanes of at least 4 members (excludes halogenated alkanes) is 1. The molecule has 5 rings (SSSR count). The van der Waals surface area contributed by atoms with Gasteiger partial charge in [-0.2, -0.15) is 0 Å². The predicted molar refractivity (Wildman–Crippen MR) is 130 cm³/mol. The molecule has 182 valence electrons. The molecule has 7 heteroatoms. The number of halogens is 1. The Kier molecular flexibility index (Phi) is 7.09. The molecule has 2 aromatic heterocycles. The highest BCUT2D eigenvalue weighted by Crippen LogP contribution is 2.43. The number of hydrogen-bond donors (Lipinski definition) is 2.